The minimum absolute atomic E-state index is 0.156. The third-order valence-corrected chi connectivity index (χ3v) is 5.82. The monoisotopic (exact) mass is 435 g/mol. The van der Waals surface area contributed by atoms with Crippen molar-refractivity contribution in [2.24, 2.45) is 5.92 Å². The van der Waals surface area contributed by atoms with Gasteiger partial charge in [0.1, 0.15) is 23.1 Å². The lowest BCUT2D eigenvalue weighted by atomic mass is 9.65. The number of Topliss-reactive ketones (excluding diaryl/α,β-unsaturated/α-hetero) is 1. The number of ketones is 2. The number of methoxy groups -OCH3 is 1. The molecule has 4 atom stereocenters. The molecule has 32 heavy (non-hydrogen) atoms. The van der Waals surface area contributed by atoms with E-state index < -0.39 is 34.5 Å². The molecule has 0 radical (unpaired) electrons. The van der Waals surface area contributed by atoms with Crippen LogP contribution in [0.25, 0.3) is 6.08 Å². The molecule has 0 aliphatic heterocycles. The Bertz CT molecular complexity index is 1110. The van der Waals surface area contributed by atoms with Crippen LogP contribution >= 0.6 is 0 Å². The summed E-state index contributed by atoms with van der Waals surface area (Å²) >= 11 is 0. The van der Waals surface area contributed by atoms with Crippen molar-refractivity contribution in [1.29, 1.82) is 0 Å². The maximum absolute atomic E-state index is 13.2. The van der Waals surface area contributed by atoms with Gasteiger partial charge in [0.25, 0.3) is 0 Å². The van der Waals surface area contributed by atoms with Crippen molar-refractivity contribution < 1.29 is 28.1 Å². The van der Waals surface area contributed by atoms with Crippen molar-refractivity contribution in [1.82, 2.24) is 0 Å². The number of furan rings is 2. The third kappa shape index (κ3) is 4.12. The molecule has 1 fully saturated rings. The average Bonchev–Trinajstić information content (AvgIpc) is 3.51. The van der Waals surface area contributed by atoms with Gasteiger partial charge in [0.05, 0.1) is 37.4 Å². The number of hydrogen-bond acceptors (Lipinski definition) is 7. The van der Waals surface area contributed by atoms with Crippen molar-refractivity contribution in [3.8, 4) is 5.75 Å². The summed E-state index contributed by atoms with van der Waals surface area (Å²) in [5, 5.41) is 12.3. The Morgan fingerprint density at radius 3 is 2.44 bits per heavy atom. The summed E-state index contributed by atoms with van der Waals surface area (Å²) in [5.74, 6) is -2.44. The van der Waals surface area contributed by atoms with Gasteiger partial charge in [0.2, 0.25) is 6.04 Å². The number of hydrogen-bond donors (Lipinski definition) is 0. The summed E-state index contributed by atoms with van der Waals surface area (Å²) in [7, 11) is 1.51. The predicted octanol–water partition coefficient (Wildman–Crippen LogP) is 4.27. The van der Waals surface area contributed by atoms with Gasteiger partial charge in [-0.3, -0.25) is 19.7 Å². The van der Waals surface area contributed by atoms with Crippen LogP contribution in [-0.2, 0) is 9.59 Å². The van der Waals surface area contributed by atoms with E-state index in [1.165, 1.54) is 31.8 Å². The Labute approximate surface area is 183 Å². The van der Waals surface area contributed by atoms with Crippen LogP contribution in [0.15, 0.2) is 76.0 Å². The van der Waals surface area contributed by atoms with Gasteiger partial charge < -0.3 is 13.6 Å². The fourth-order valence-electron chi connectivity index (χ4n) is 4.37. The molecule has 1 aromatic carbocycles. The van der Waals surface area contributed by atoms with Gasteiger partial charge in [-0.1, -0.05) is 12.1 Å². The van der Waals surface area contributed by atoms with Crippen molar-refractivity contribution in [2.75, 3.05) is 7.11 Å². The largest absolute Gasteiger partial charge is 0.497 e. The quantitative estimate of drug-likeness (QED) is 0.236. The molecule has 8 nitrogen and oxygen atoms in total. The minimum Gasteiger partial charge on any atom is -0.497 e. The molecule has 1 saturated carbocycles. The summed E-state index contributed by atoms with van der Waals surface area (Å²) in [5.41, 5.74) is 0.516. The number of allylic oxidation sites excluding steroid dienone is 1. The van der Waals surface area contributed by atoms with Crippen LogP contribution in [0, 0.1) is 16.0 Å². The van der Waals surface area contributed by atoms with E-state index in [0.717, 1.165) is 0 Å². The van der Waals surface area contributed by atoms with Crippen molar-refractivity contribution in [3.05, 3.63) is 94.3 Å². The number of nitrogens with zero attached hydrogens (tertiary/aromatic N) is 1. The predicted molar refractivity (Wildman–Crippen MR) is 114 cm³/mol. The first kappa shape index (κ1) is 21.3. The maximum atomic E-state index is 13.2. The highest BCUT2D eigenvalue weighted by Crippen LogP contribution is 2.45. The fraction of sp³-hybridized carbons (Fsp3) is 0.250. The Morgan fingerprint density at radius 1 is 1.12 bits per heavy atom. The molecule has 2 aromatic heterocycles. The van der Waals surface area contributed by atoms with Crippen LogP contribution in [0.5, 0.6) is 5.75 Å². The van der Waals surface area contributed by atoms with E-state index >= 15 is 0 Å². The van der Waals surface area contributed by atoms with Crippen molar-refractivity contribution in [2.45, 2.75) is 24.3 Å². The molecule has 3 aromatic rings. The standard InChI is InChI=1S/C24H21NO7/c1-30-16-8-6-15(7-9-16)22-23(19(26)11-10-17-4-2-12-31-17)20(27)14-18(24(22)25(28)29)21-5-3-13-32-21/h2-13,18,22-24H,14H2,1H3/b11-10+/t18-,22+,23?,24+/m1/s1. The molecular weight excluding hydrogens is 414 g/mol. The lowest BCUT2D eigenvalue weighted by molar-refractivity contribution is -0.533. The van der Waals surface area contributed by atoms with Crippen LogP contribution in [0.3, 0.4) is 0 Å². The van der Waals surface area contributed by atoms with Crippen LogP contribution in [0.1, 0.15) is 35.3 Å². The molecule has 0 bridgehead atoms. The number of rotatable bonds is 7. The first-order valence-electron chi connectivity index (χ1n) is 10.1. The number of carbonyl (C=O) groups is 2. The highest BCUT2D eigenvalue weighted by molar-refractivity contribution is 6.10. The zero-order chi connectivity index (χ0) is 22.7. The summed E-state index contributed by atoms with van der Waals surface area (Å²) in [6.07, 6.45) is 5.44. The summed E-state index contributed by atoms with van der Waals surface area (Å²) in [6.45, 7) is 0. The van der Waals surface area contributed by atoms with E-state index in [2.05, 4.69) is 0 Å². The van der Waals surface area contributed by atoms with E-state index in [9.17, 15) is 19.7 Å². The molecule has 8 heteroatoms. The van der Waals surface area contributed by atoms with E-state index in [1.807, 2.05) is 0 Å². The lowest BCUT2D eigenvalue weighted by Crippen LogP contribution is -2.48. The number of ether oxygens (including phenoxy) is 1. The second kappa shape index (κ2) is 9.05. The molecule has 1 aliphatic rings. The molecule has 0 N–H and O–H groups in total. The second-order valence-corrected chi connectivity index (χ2v) is 7.60. The van der Waals surface area contributed by atoms with E-state index in [1.54, 1.807) is 48.5 Å². The van der Waals surface area contributed by atoms with E-state index in [-0.39, 0.29) is 12.2 Å². The highest BCUT2D eigenvalue weighted by atomic mass is 16.6. The van der Waals surface area contributed by atoms with Gasteiger partial charge in [0, 0.05) is 11.3 Å². The number of benzene rings is 1. The molecule has 0 saturated heterocycles. The third-order valence-electron chi connectivity index (χ3n) is 5.82. The molecule has 164 valence electrons. The number of carbonyl (C=O) groups excluding carboxylic acids is 2. The lowest BCUT2D eigenvalue weighted by Gasteiger charge is -2.35. The highest BCUT2D eigenvalue weighted by Gasteiger charge is 2.54. The Hall–Kier alpha value is -3.94. The fourth-order valence-corrected chi connectivity index (χ4v) is 4.37. The molecule has 1 aliphatic carbocycles. The smallest absolute Gasteiger partial charge is 0.231 e. The van der Waals surface area contributed by atoms with Crippen LogP contribution in [-0.4, -0.2) is 29.6 Å². The van der Waals surface area contributed by atoms with E-state index in [4.69, 9.17) is 13.6 Å². The first-order valence-corrected chi connectivity index (χ1v) is 10.1. The van der Waals surface area contributed by atoms with Gasteiger partial charge in [-0.05, 0) is 54.1 Å². The second-order valence-electron chi connectivity index (χ2n) is 7.60. The van der Waals surface area contributed by atoms with Crippen molar-refractivity contribution >= 4 is 17.6 Å². The minimum atomic E-state index is -1.22. The molecule has 0 amide bonds. The Kier molecular flexibility index (Phi) is 6.02. The SMILES string of the molecule is COc1ccc([C@H]2C(C(=O)/C=C/c3ccco3)C(=O)C[C@H](c3ccco3)[C@@H]2[N+](=O)[O-])cc1. The average molecular weight is 435 g/mol. The molecule has 1 unspecified atom stereocenters. The normalized spacial score (nSPS) is 23.3. The Morgan fingerprint density at radius 2 is 1.84 bits per heavy atom. The zero-order valence-electron chi connectivity index (χ0n) is 17.2. The van der Waals surface area contributed by atoms with Gasteiger partial charge >= 0.3 is 0 Å². The van der Waals surface area contributed by atoms with Crippen molar-refractivity contribution in [3.63, 3.8) is 0 Å². The Balaban J connectivity index is 1.78. The summed E-state index contributed by atoms with van der Waals surface area (Å²) in [4.78, 5) is 38.2. The van der Waals surface area contributed by atoms with Crippen LogP contribution < -0.4 is 4.74 Å². The summed E-state index contributed by atoms with van der Waals surface area (Å²) in [6, 6.07) is 12.0. The summed E-state index contributed by atoms with van der Waals surface area (Å²) < 4.78 is 15.8. The molecule has 2 heterocycles. The molecule has 0 spiro atoms. The first-order chi connectivity index (χ1) is 15.5. The van der Waals surface area contributed by atoms with Gasteiger partial charge in [-0.15, -0.1) is 0 Å². The van der Waals surface area contributed by atoms with Gasteiger partial charge in [-0.25, -0.2) is 0 Å². The van der Waals surface area contributed by atoms with Gasteiger partial charge in [-0.2, -0.15) is 0 Å². The van der Waals surface area contributed by atoms with Crippen LogP contribution in [0.2, 0.25) is 0 Å². The maximum Gasteiger partial charge on any atom is 0.231 e. The van der Waals surface area contributed by atoms with E-state index in [0.29, 0.717) is 22.8 Å². The zero-order valence-corrected chi connectivity index (χ0v) is 17.2. The van der Waals surface area contributed by atoms with Crippen LogP contribution in [0.4, 0.5) is 0 Å². The molecule has 4 rings (SSSR count). The topological polar surface area (TPSA) is 113 Å². The van der Waals surface area contributed by atoms with Gasteiger partial charge in [0.15, 0.2) is 5.78 Å². The molecular formula is C24H21NO7. The number of nitro groups is 1.